The molecule has 0 bridgehead atoms. The molecule has 0 unspecified atom stereocenters. The summed E-state index contributed by atoms with van der Waals surface area (Å²) in [6, 6.07) is 15.1. The summed E-state index contributed by atoms with van der Waals surface area (Å²) in [5, 5.41) is 9.97. The highest BCUT2D eigenvalue weighted by atomic mass is 32.1. The van der Waals surface area contributed by atoms with Crippen LogP contribution < -0.4 is 0 Å². The number of benzene rings is 2. The van der Waals surface area contributed by atoms with E-state index in [9.17, 15) is 18.3 Å². The number of aromatic nitrogens is 1. The Morgan fingerprint density at radius 1 is 0.885 bits per heavy atom. The summed E-state index contributed by atoms with van der Waals surface area (Å²) >= 11 is 1.43. The van der Waals surface area contributed by atoms with Crippen molar-refractivity contribution in [1.29, 1.82) is 0 Å². The molecule has 0 atom stereocenters. The van der Waals surface area contributed by atoms with Crippen molar-refractivity contribution >= 4 is 11.3 Å². The molecule has 0 amide bonds. The van der Waals surface area contributed by atoms with Crippen LogP contribution in [0.3, 0.4) is 0 Å². The molecule has 1 aromatic heterocycles. The molecule has 0 fully saturated rings. The molecular formula is C20H18F3NOS. The Labute approximate surface area is 154 Å². The summed E-state index contributed by atoms with van der Waals surface area (Å²) in [7, 11) is 0. The van der Waals surface area contributed by atoms with Crippen LogP contribution in [0, 0.1) is 0 Å². The highest BCUT2D eigenvalue weighted by Crippen LogP contribution is 2.33. The first-order valence-corrected chi connectivity index (χ1v) is 9.10. The maximum Gasteiger partial charge on any atom is 0.416 e. The Hall–Kier alpha value is -2.18. The molecule has 0 saturated heterocycles. The largest absolute Gasteiger partial charge is 0.416 e. The third-order valence-corrected chi connectivity index (χ3v) is 5.28. The van der Waals surface area contributed by atoms with Crippen molar-refractivity contribution in [2.75, 3.05) is 6.61 Å². The summed E-state index contributed by atoms with van der Waals surface area (Å²) in [5.41, 5.74) is 2.10. The van der Waals surface area contributed by atoms with Crippen LogP contribution in [0.4, 0.5) is 13.2 Å². The quantitative estimate of drug-likeness (QED) is 0.645. The number of hydrogen-bond acceptors (Lipinski definition) is 3. The van der Waals surface area contributed by atoms with E-state index in [4.69, 9.17) is 0 Å². The number of hydrogen-bond donors (Lipinski definition) is 1. The molecule has 3 aromatic rings. The molecule has 0 radical (unpaired) electrons. The van der Waals surface area contributed by atoms with Gasteiger partial charge in [0.25, 0.3) is 0 Å². The van der Waals surface area contributed by atoms with E-state index in [0.29, 0.717) is 17.0 Å². The van der Waals surface area contributed by atoms with Crippen molar-refractivity contribution in [3.63, 3.8) is 0 Å². The van der Waals surface area contributed by atoms with Gasteiger partial charge >= 0.3 is 6.18 Å². The van der Waals surface area contributed by atoms with Gasteiger partial charge in [0.05, 0.1) is 11.3 Å². The minimum absolute atomic E-state index is 0.0208. The fourth-order valence-corrected chi connectivity index (χ4v) is 3.81. The number of rotatable bonds is 6. The van der Waals surface area contributed by atoms with E-state index in [-0.39, 0.29) is 6.61 Å². The Kier molecular flexibility index (Phi) is 5.74. The van der Waals surface area contributed by atoms with Crippen molar-refractivity contribution in [2.24, 2.45) is 0 Å². The molecule has 0 spiro atoms. The van der Waals surface area contributed by atoms with Crippen molar-refractivity contribution in [1.82, 2.24) is 4.98 Å². The van der Waals surface area contributed by atoms with Crippen LogP contribution >= 0.6 is 11.3 Å². The van der Waals surface area contributed by atoms with Crippen LogP contribution in [0.2, 0.25) is 0 Å². The van der Waals surface area contributed by atoms with Crippen molar-refractivity contribution in [3.05, 3.63) is 76.3 Å². The van der Waals surface area contributed by atoms with Gasteiger partial charge in [0.2, 0.25) is 0 Å². The lowest BCUT2D eigenvalue weighted by atomic mass is 10.1. The molecule has 1 N–H and O–H groups in total. The van der Waals surface area contributed by atoms with Crippen LogP contribution in [-0.2, 0) is 25.4 Å². The average Bonchev–Trinajstić information content (AvgIpc) is 3.03. The Balaban J connectivity index is 1.82. The first kappa shape index (κ1) is 18.6. The minimum atomic E-state index is -4.34. The maximum absolute atomic E-state index is 12.7. The van der Waals surface area contributed by atoms with E-state index in [1.807, 2.05) is 18.2 Å². The first-order valence-electron chi connectivity index (χ1n) is 8.28. The maximum atomic E-state index is 12.7. The van der Waals surface area contributed by atoms with E-state index in [2.05, 4.69) is 17.1 Å². The fraction of sp³-hybridized carbons (Fsp3) is 0.250. The molecule has 0 aliphatic rings. The highest BCUT2D eigenvalue weighted by Gasteiger charge is 2.30. The molecule has 6 heteroatoms. The number of nitrogens with zero attached hydrogens (tertiary/aromatic N) is 1. The summed E-state index contributed by atoms with van der Waals surface area (Å²) in [6.07, 6.45) is -2.28. The third kappa shape index (κ3) is 4.51. The summed E-state index contributed by atoms with van der Waals surface area (Å²) in [6.45, 7) is 0.0208. The average molecular weight is 377 g/mol. The molecule has 1 heterocycles. The predicted octanol–water partition coefficient (Wildman–Crippen LogP) is 5.15. The predicted molar refractivity (Wildman–Crippen MR) is 97.2 cm³/mol. The number of aryl methyl sites for hydroxylation is 2. The van der Waals surface area contributed by atoms with E-state index in [1.165, 1.54) is 29.0 Å². The molecule has 2 aromatic carbocycles. The molecule has 26 heavy (non-hydrogen) atoms. The van der Waals surface area contributed by atoms with Crippen LogP contribution in [0.1, 0.15) is 21.7 Å². The van der Waals surface area contributed by atoms with Crippen molar-refractivity contribution in [3.8, 4) is 10.6 Å². The lowest BCUT2D eigenvalue weighted by Gasteiger charge is -2.06. The molecule has 0 aliphatic carbocycles. The second-order valence-electron chi connectivity index (χ2n) is 5.92. The van der Waals surface area contributed by atoms with Gasteiger partial charge in [-0.25, -0.2) is 4.98 Å². The van der Waals surface area contributed by atoms with Crippen LogP contribution in [0.5, 0.6) is 0 Å². The Bertz CT molecular complexity index is 842. The van der Waals surface area contributed by atoms with Gasteiger partial charge in [0.1, 0.15) is 5.01 Å². The molecular weight excluding hydrogens is 359 g/mol. The standard InChI is InChI=1S/C20H18F3NOS/c21-20(22,23)16-9-7-15(8-10-16)19-24-17(18(26-19)12-13-25)11-6-14-4-2-1-3-5-14/h1-5,7-10,25H,6,11-13H2. The van der Waals surface area contributed by atoms with Crippen LogP contribution in [-0.4, -0.2) is 16.7 Å². The van der Waals surface area contributed by atoms with Gasteiger partial charge in [-0.05, 0) is 30.5 Å². The van der Waals surface area contributed by atoms with E-state index in [0.717, 1.165) is 35.5 Å². The molecule has 0 aliphatic heterocycles. The van der Waals surface area contributed by atoms with Crippen molar-refractivity contribution < 1.29 is 18.3 Å². The monoisotopic (exact) mass is 377 g/mol. The van der Waals surface area contributed by atoms with Gasteiger partial charge in [-0.2, -0.15) is 13.2 Å². The SMILES string of the molecule is OCCc1sc(-c2ccc(C(F)(F)F)cc2)nc1CCc1ccccc1. The highest BCUT2D eigenvalue weighted by molar-refractivity contribution is 7.15. The molecule has 3 rings (SSSR count). The number of aliphatic hydroxyl groups excluding tert-OH is 1. The molecule has 2 nitrogen and oxygen atoms in total. The zero-order valence-corrected chi connectivity index (χ0v) is 14.8. The summed E-state index contributed by atoms with van der Waals surface area (Å²) in [4.78, 5) is 5.62. The van der Waals surface area contributed by atoms with Crippen LogP contribution in [0.25, 0.3) is 10.6 Å². The van der Waals surface area contributed by atoms with E-state index in [1.54, 1.807) is 0 Å². The topological polar surface area (TPSA) is 33.1 Å². The number of thiazole rings is 1. The minimum Gasteiger partial charge on any atom is -0.396 e. The zero-order chi connectivity index (χ0) is 18.6. The third-order valence-electron chi connectivity index (χ3n) is 4.07. The number of aliphatic hydroxyl groups is 1. The van der Waals surface area contributed by atoms with Crippen molar-refractivity contribution in [2.45, 2.75) is 25.4 Å². The first-order chi connectivity index (χ1) is 12.5. The van der Waals surface area contributed by atoms with Gasteiger partial charge in [-0.15, -0.1) is 11.3 Å². The second-order valence-corrected chi connectivity index (χ2v) is 7.01. The summed E-state index contributed by atoms with van der Waals surface area (Å²) < 4.78 is 38.1. The van der Waals surface area contributed by atoms with Gasteiger partial charge < -0.3 is 5.11 Å². The molecule has 136 valence electrons. The summed E-state index contributed by atoms with van der Waals surface area (Å²) in [5.74, 6) is 0. The Morgan fingerprint density at radius 3 is 2.19 bits per heavy atom. The van der Waals surface area contributed by atoms with Crippen LogP contribution in [0.15, 0.2) is 54.6 Å². The van der Waals surface area contributed by atoms with E-state index < -0.39 is 11.7 Å². The lowest BCUT2D eigenvalue weighted by Crippen LogP contribution is -2.03. The second kappa shape index (κ2) is 8.01. The molecule has 0 saturated carbocycles. The Morgan fingerprint density at radius 2 is 1.58 bits per heavy atom. The van der Waals surface area contributed by atoms with Gasteiger partial charge in [0, 0.05) is 23.5 Å². The van der Waals surface area contributed by atoms with Gasteiger partial charge in [0.15, 0.2) is 0 Å². The lowest BCUT2D eigenvalue weighted by molar-refractivity contribution is -0.137. The number of alkyl halides is 3. The van der Waals surface area contributed by atoms with E-state index >= 15 is 0 Å². The smallest absolute Gasteiger partial charge is 0.396 e. The normalized spacial score (nSPS) is 11.7. The zero-order valence-electron chi connectivity index (χ0n) is 14.0. The fourth-order valence-electron chi connectivity index (χ4n) is 2.71. The number of halogens is 3. The van der Waals surface area contributed by atoms with Gasteiger partial charge in [-0.1, -0.05) is 42.5 Å². The van der Waals surface area contributed by atoms with Gasteiger partial charge in [-0.3, -0.25) is 0 Å².